The minimum atomic E-state index is -0.567. The number of amides is 3. The zero-order valence-electron chi connectivity index (χ0n) is 16.7. The van der Waals surface area contributed by atoms with E-state index in [1.807, 2.05) is 11.9 Å². The van der Waals surface area contributed by atoms with Gasteiger partial charge in [0.2, 0.25) is 5.95 Å². The number of anilines is 4. The second kappa shape index (κ2) is 8.35. The van der Waals surface area contributed by atoms with Gasteiger partial charge in [-0.1, -0.05) is 11.6 Å². The Hall–Kier alpha value is -3.07. The Kier molecular flexibility index (Phi) is 5.63. The van der Waals surface area contributed by atoms with Crippen molar-refractivity contribution in [2.75, 3.05) is 35.7 Å². The maximum Gasteiger partial charge on any atom is 0.321 e. The van der Waals surface area contributed by atoms with Gasteiger partial charge in [-0.05, 0) is 43.9 Å². The number of nitrogens with zero attached hydrogens (tertiary/aromatic N) is 4. The fourth-order valence-electron chi connectivity index (χ4n) is 3.45. The van der Waals surface area contributed by atoms with Crippen molar-refractivity contribution >= 4 is 46.7 Å². The molecule has 1 aliphatic heterocycles. The molecule has 0 radical (unpaired) electrons. The number of hydrogen-bond acceptors (Lipinski definition) is 6. The average molecular weight is 430 g/mol. The lowest BCUT2D eigenvalue weighted by atomic mass is 10.2. The lowest BCUT2D eigenvalue weighted by Gasteiger charge is -2.20. The standard InChI is InChI=1S/C20H24ClN7O2/c1-27(13-5-6-13)18-14(17(22)29)11-23-19(26-18)24-12-4-7-15(21)16(10-12)25-20(30)28-8-2-3-9-28/h4,7,10-11,13H,2-3,5-6,8-9H2,1H3,(H2,22,29)(H,25,30)(H,23,24,26). The van der Waals surface area contributed by atoms with Gasteiger partial charge < -0.3 is 26.2 Å². The first-order chi connectivity index (χ1) is 14.4. The summed E-state index contributed by atoms with van der Waals surface area (Å²) < 4.78 is 0. The molecule has 4 rings (SSSR count). The summed E-state index contributed by atoms with van der Waals surface area (Å²) in [5.74, 6) is 0.253. The lowest BCUT2D eigenvalue weighted by Crippen LogP contribution is -2.32. The number of primary amides is 1. The van der Waals surface area contributed by atoms with E-state index in [-0.39, 0.29) is 11.6 Å². The molecule has 1 saturated heterocycles. The molecule has 1 aromatic carbocycles. The predicted molar refractivity (Wildman–Crippen MR) is 117 cm³/mol. The van der Waals surface area contributed by atoms with Crippen LogP contribution in [0.2, 0.25) is 5.02 Å². The third-order valence-corrected chi connectivity index (χ3v) is 5.65. The molecule has 10 heteroatoms. The van der Waals surface area contributed by atoms with Crippen molar-refractivity contribution in [3.63, 3.8) is 0 Å². The van der Waals surface area contributed by atoms with Crippen molar-refractivity contribution in [2.45, 2.75) is 31.7 Å². The number of carbonyl (C=O) groups excluding carboxylic acids is 2. The van der Waals surface area contributed by atoms with Gasteiger partial charge in [0.15, 0.2) is 0 Å². The van der Waals surface area contributed by atoms with Crippen LogP contribution in [0.5, 0.6) is 0 Å². The molecule has 4 N–H and O–H groups in total. The van der Waals surface area contributed by atoms with Crippen LogP contribution in [-0.2, 0) is 0 Å². The number of rotatable bonds is 6. The van der Waals surface area contributed by atoms with E-state index in [4.69, 9.17) is 17.3 Å². The zero-order chi connectivity index (χ0) is 21.3. The number of urea groups is 1. The summed E-state index contributed by atoms with van der Waals surface area (Å²) in [6.45, 7) is 1.50. The fraction of sp³-hybridized carbons (Fsp3) is 0.400. The molecule has 3 amide bonds. The van der Waals surface area contributed by atoms with Crippen LogP contribution in [0.4, 0.5) is 27.9 Å². The number of hydrogen-bond donors (Lipinski definition) is 3. The highest BCUT2D eigenvalue weighted by atomic mass is 35.5. The molecule has 30 heavy (non-hydrogen) atoms. The van der Waals surface area contributed by atoms with Crippen molar-refractivity contribution in [1.82, 2.24) is 14.9 Å². The first-order valence-corrected chi connectivity index (χ1v) is 10.3. The Morgan fingerprint density at radius 2 is 2.00 bits per heavy atom. The monoisotopic (exact) mass is 429 g/mol. The van der Waals surface area contributed by atoms with Crippen LogP contribution < -0.4 is 21.3 Å². The number of aromatic nitrogens is 2. The van der Waals surface area contributed by atoms with Crippen molar-refractivity contribution in [3.8, 4) is 0 Å². The van der Waals surface area contributed by atoms with Crippen molar-refractivity contribution in [1.29, 1.82) is 0 Å². The van der Waals surface area contributed by atoms with Crippen LogP contribution in [0.25, 0.3) is 0 Å². The van der Waals surface area contributed by atoms with Crippen molar-refractivity contribution < 1.29 is 9.59 Å². The number of halogens is 1. The Balaban J connectivity index is 1.54. The highest BCUT2D eigenvalue weighted by Gasteiger charge is 2.30. The Morgan fingerprint density at radius 1 is 1.27 bits per heavy atom. The van der Waals surface area contributed by atoms with Gasteiger partial charge in [0.05, 0.1) is 10.7 Å². The summed E-state index contributed by atoms with van der Waals surface area (Å²) in [6, 6.07) is 5.38. The van der Waals surface area contributed by atoms with Crippen LogP contribution in [0.3, 0.4) is 0 Å². The third-order valence-electron chi connectivity index (χ3n) is 5.32. The molecule has 1 aromatic heterocycles. The highest BCUT2D eigenvalue weighted by Crippen LogP contribution is 2.32. The minimum Gasteiger partial charge on any atom is -0.365 e. The van der Waals surface area contributed by atoms with Gasteiger partial charge >= 0.3 is 6.03 Å². The molecular weight excluding hydrogens is 406 g/mol. The fourth-order valence-corrected chi connectivity index (χ4v) is 3.62. The SMILES string of the molecule is CN(c1nc(Nc2ccc(Cl)c(NC(=O)N3CCCC3)c2)ncc1C(N)=O)C1CC1. The lowest BCUT2D eigenvalue weighted by molar-refractivity contribution is 0.1000. The molecule has 158 valence electrons. The third kappa shape index (κ3) is 4.40. The van der Waals surface area contributed by atoms with E-state index in [1.165, 1.54) is 6.20 Å². The number of nitrogens with two attached hydrogens (primary N) is 1. The first-order valence-electron chi connectivity index (χ1n) is 9.94. The van der Waals surface area contributed by atoms with Gasteiger partial charge in [0.1, 0.15) is 11.4 Å². The molecule has 2 aromatic rings. The summed E-state index contributed by atoms with van der Waals surface area (Å²) in [7, 11) is 1.89. The van der Waals surface area contributed by atoms with Crippen LogP contribution in [0, 0.1) is 0 Å². The smallest absolute Gasteiger partial charge is 0.321 e. The molecule has 0 spiro atoms. The zero-order valence-corrected chi connectivity index (χ0v) is 17.4. The highest BCUT2D eigenvalue weighted by molar-refractivity contribution is 6.33. The van der Waals surface area contributed by atoms with Crippen LogP contribution in [0.1, 0.15) is 36.0 Å². The number of benzene rings is 1. The molecule has 2 heterocycles. The number of nitrogens with one attached hydrogen (secondary N) is 2. The second-order valence-corrected chi connectivity index (χ2v) is 7.99. The first kappa shape index (κ1) is 20.2. The quantitative estimate of drug-likeness (QED) is 0.649. The molecule has 9 nitrogen and oxygen atoms in total. The second-order valence-electron chi connectivity index (χ2n) is 7.58. The number of likely N-dealkylation sites (tertiary alicyclic amines) is 1. The largest absolute Gasteiger partial charge is 0.365 e. The van der Waals surface area contributed by atoms with E-state index in [0.717, 1.165) is 38.8 Å². The summed E-state index contributed by atoms with van der Waals surface area (Å²) in [4.78, 5) is 36.6. The molecule has 0 bridgehead atoms. The molecule has 2 fully saturated rings. The molecule has 2 aliphatic rings. The Bertz CT molecular complexity index is 974. The van der Waals surface area contributed by atoms with Crippen molar-refractivity contribution in [3.05, 3.63) is 35.0 Å². The Labute approximate surface area is 179 Å². The molecule has 1 aliphatic carbocycles. The topological polar surface area (TPSA) is 116 Å². The summed E-state index contributed by atoms with van der Waals surface area (Å²) >= 11 is 6.26. The summed E-state index contributed by atoms with van der Waals surface area (Å²) in [6.07, 6.45) is 5.56. The molecule has 0 atom stereocenters. The van der Waals surface area contributed by atoms with E-state index in [0.29, 0.717) is 34.2 Å². The van der Waals surface area contributed by atoms with E-state index >= 15 is 0 Å². The number of carbonyl (C=O) groups is 2. The molecular formula is C20H24ClN7O2. The van der Waals surface area contributed by atoms with Gasteiger partial charge in [-0.15, -0.1) is 0 Å². The van der Waals surface area contributed by atoms with Crippen LogP contribution in [0.15, 0.2) is 24.4 Å². The normalized spacial score (nSPS) is 15.7. The van der Waals surface area contributed by atoms with Crippen molar-refractivity contribution in [2.24, 2.45) is 5.73 Å². The maximum absolute atomic E-state index is 12.4. The summed E-state index contributed by atoms with van der Waals surface area (Å²) in [5.41, 5.74) is 6.93. The summed E-state index contributed by atoms with van der Waals surface area (Å²) in [5, 5.41) is 6.41. The van der Waals surface area contributed by atoms with E-state index < -0.39 is 5.91 Å². The average Bonchev–Trinajstić information content (AvgIpc) is 3.43. The van der Waals surface area contributed by atoms with E-state index in [9.17, 15) is 9.59 Å². The predicted octanol–water partition coefficient (Wildman–Crippen LogP) is 3.20. The van der Waals surface area contributed by atoms with E-state index in [2.05, 4.69) is 20.6 Å². The molecule has 0 unspecified atom stereocenters. The Morgan fingerprint density at radius 3 is 2.67 bits per heavy atom. The molecule has 1 saturated carbocycles. The van der Waals surface area contributed by atoms with Gasteiger partial charge in [-0.2, -0.15) is 4.98 Å². The van der Waals surface area contributed by atoms with Gasteiger partial charge in [-0.3, -0.25) is 4.79 Å². The maximum atomic E-state index is 12.4. The van der Waals surface area contributed by atoms with Gasteiger partial charge in [0.25, 0.3) is 5.91 Å². The van der Waals surface area contributed by atoms with Crippen LogP contribution >= 0.6 is 11.6 Å². The van der Waals surface area contributed by atoms with Crippen LogP contribution in [-0.4, -0.2) is 53.0 Å². The van der Waals surface area contributed by atoms with E-state index in [1.54, 1.807) is 23.1 Å². The van der Waals surface area contributed by atoms with Gasteiger partial charge in [-0.25, -0.2) is 9.78 Å². The minimum absolute atomic E-state index is 0.165. The van der Waals surface area contributed by atoms with Gasteiger partial charge in [0, 0.05) is 38.1 Å².